The second-order valence-electron chi connectivity index (χ2n) is 3.56. The molecule has 0 radical (unpaired) electrons. The standard InChI is InChI=1S/C10H17N3O/c11-6-2-1-3-7-13-10(14)9-5-4-8-12-9/h9,12H,1-5,7-8H2,(H,13,14). The van der Waals surface area contributed by atoms with Gasteiger partial charge in [0.1, 0.15) is 0 Å². The lowest BCUT2D eigenvalue weighted by molar-refractivity contribution is -0.122. The zero-order valence-corrected chi connectivity index (χ0v) is 8.38. The summed E-state index contributed by atoms with van der Waals surface area (Å²) in [6.07, 6.45) is 4.38. The predicted molar refractivity (Wildman–Crippen MR) is 53.5 cm³/mol. The summed E-state index contributed by atoms with van der Waals surface area (Å²) < 4.78 is 0. The first-order chi connectivity index (χ1) is 6.84. The van der Waals surface area contributed by atoms with E-state index in [1.54, 1.807) is 0 Å². The maximum absolute atomic E-state index is 11.4. The molecule has 1 aliphatic rings. The number of carbonyl (C=O) groups is 1. The third kappa shape index (κ3) is 3.75. The van der Waals surface area contributed by atoms with E-state index in [9.17, 15) is 4.79 Å². The SMILES string of the molecule is N#CCCCCNC(=O)C1CCCN1. The highest BCUT2D eigenvalue weighted by Gasteiger charge is 2.20. The van der Waals surface area contributed by atoms with Crippen molar-refractivity contribution in [3.8, 4) is 6.07 Å². The van der Waals surface area contributed by atoms with Crippen molar-refractivity contribution in [2.75, 3.05) is 13.1 Å². The van der Waals surface area contributed by atoms with Crippen LogP contribution in [-0.2, 0) is 4.79 Å². The molecule has 1 aliphatic heterocycles. The minimum Gasteiger partial charge on any atom is -0.355 e. The maximum Gasteiger partial charge on any atom is 0.237 e. The molecule has 0 saturated carbocycles. The number of nitrogens with one attached hydrogen (secondary N) is 2. The van der Waals surface area contributed by atoms with Crippen LogP contribution in [0.25, 0.3) is 0 Å². The Morgan fingerprint density at radius 3 is 3.07 bits per heavy atom. The molecule has 1 heterocycles. The minimum atomic E-state index is 0.0194. The van der Waals surface area contributed by atoms with Crippen molar-refractivity contribution in [1.29, 1.82) is 5.26 Å². The Kier molecular flexibility index (Phi) is 5.02. The maximum atomic E-state index is 11.4. The van der Waals surface area contributed by atoms with E-state index in [0.717, 1.165) is 32.2 Å². The van der Waals surface area contributed by atoms with Gasteiger partial charge in [-0.25, -0.2) is 0 Å². The van der Waals surface area contributed by atoms with Crippen LogP contribution in [0.1, 0.15) is 32.1 Å². The van der Waals surface area contributed by atoms with Crippen LogP contribution in [0.5, 0.6) is 0 Å². The van der Waals surface area contributed by atoms with Gasteiger partial charge in [-0.1, -0.05) is 0 Å². The number of hydrogen-bond donors (Lipinski definition) is 2. The Hall–Kier alpha value is -1.08. The van der Waals surface area contributed by atoms with E-state index in [-0.39, 0.29) is 11.9 Å². The van der Waals surface area contributed by atoms with Gasteiger partial charge in [-0.05, 0) is 32.2 Å². The van der Waals surface area contributed by atoms with Crippen LogP contribution < -0.4 is 10.6 Å². The molecule has 0 spiro atoms. The summed E-state index contributed by atoms with van der Waals surface area (Å²) in [5, 5.41) is 14.3. The minimum absolute atomic E-state index is 0.0194. The normalized spacial score (nSPS) is 20.4. The zero-order valence-electron chi connectivity index (χ0n) is 8.38. The first-order valence-electron chi connectivity index (χ1n) is 5.22. The van der Waals surface area contributed by atoms with Crippen molar-refractivity contribution in [2.45, 2.75) is 38.1 Å². The molecule has 4 nitrogen and oxygen atoms in total. The topological polar surface area (TPSA) is 64.9 Å². The van der Waals surface area contributed by atoms with Gasteiger partial charge in [-0.2, -0.15) is 5.26 Å². The summed E-state index contributed by atoms with van der Waals surface area (Å²) in [6.45, 7) is 1.64. The number of nitriles is 1. The molecule has 1 amide bonds. The van der Waals surface area contributed by atoms with E-state index in [1.807, 2.05) is 0 Å². The van der Waals surface area contributed by atoms with E-state index >= 15 is 0 Å². The molecule has 0 bridgehead atoms. The predicted octanol–water partition coefficient (Wildman–Crippen LogP) is 0.548. The van der Waals surface area contributed by atoms with Crippen LogP contribution in [-0.4, -0.2) is 25.0 Å². The fourth-order valence-corrected chi connectivity index (χ4v) is 1.57. The molecular weight excluding hydrogens is 178 g/mol. The van der Waals surface area contributed by atoms with Gasteiger partial charge in [0.15, 0.2) is 0 Å². The van der Waals surface area contributed by atoms with Crippen molar-refractivity contribution >= 4 is 5.91 Å². The molecular formula is C10H17N3O. The lowest BCUT2D eigenvalue weighted by Gasteiger charge is -2.10. The molecule has 4 heteroatoms. The molecule has 1 unspecified atom stereocenters. The van der Waals surface area contributed by atoms with Crippen molar-refractivity contribution in [2.24, 2.45) is 0 Å². The van der Waals surface area contributed by atoms with Gasteiger partial charge >= 0.3 is 0 Å². The number of hydrogen-bond acceptors (Lipinski definition) is 3. The highest BCUT2D eigenvalue weighted by Crippen LogP contribution is 2.04. The van der Waals surface area contributed by atoms with Crippen LogP contribution >= 0.6 is 0 Å². The van der Waals surface area contributed by atoms with E-state index in [0.29, 0.717) is 13.0 Å². The molecule has 0 aromatic heterocycles. The molecule has 0 aromatic carbocycles. The Balaban J connectivity index is 2.00. The van der Waals surface area contributed by atoms with Crippen molar-refractivity contribution in [3.05, 3.63) is 0 Å². The first kappa shape index (κ1) is 11.0. The summed E-state index contributed by atoms with van der Waals surface area (Å²) in [5.74, 6) is 0.111. The highest BCUT2D eigenvalue weighted by atomic mass is 16.2. The van der Waals surface area contributed by atoms with Crippen molar-refractivity contribution < 1.29 is 4.79 Å². The van der Waals surface area contributed by atoms with Crippen LogP contribution in [0.4, 0.5) is 0 Å². The van der Waals surface area contributed by atoms with Crippen LogP contribution in [0.3, 0.4) is 0 Å². The van der Waals surface area contributed by atoms with Crippen molar-refractivity contribution in [1.82, 2.24) is 10.6 Å². The summed E-state index contributed by atoms with van der Waals surface area (Å²) in [4.78, 5) is 11.4. The molecule has 2 N–H and O–H groups in total. The molecule has 0 aliphatic carbocycles. The fraction of sp³-hybridized carbons (Fsp3) is 0.800. The Morgan fingerprint density at radius 2 is 2.43 bits per heavy atom. The Morgan fingerprint density at radius 1 is 1.57 bits per heavy atom. The number of amides is 1. The Bertz CT molecular complexity index is 216. The second-order valence-corrected chi connectivity index (χ2v) is 3.56. The van der Waals surface area contributed by atoms with Crippen LogP contribution in [0.2, 0.25) is 0 Å². The molecule has 78 valence electrons. The summed E-state index contributed by atoms with van der Waals surface area (Å²) in [7, 11) is 0. The number of unbranched alkanes of at least 4 members (excludes halogenated alkanes) is 2. The van der Waals surface area contributed by atoms with Crippen LogP contribution in [0.15, 0.2) is 0 Å². The smallest absolute Gasteiger partial charge is 0.237 e. The van der Waals surface area contributed by atoms with Gasteiger partial charge < -0.3 is 10.6 Å². The van der Waals surface area contributed by atoms with E-state index in [2.05, 4.69) is 16.7 Å². The molecule has 1 atom stereocenters. The summed E-state index contributed by atoms with van der Waals surface area (Å²) in [5.41, 5.74) is 0. The molecule has 14 heavy (non-hydrogen) atoms. The first-order valence-corrected chi connectivity index (χ1v) is 5.22. The zero-order chi connectivity index (χ0) is 10.2. The second kappa shape index (κ2) is 6.39. The average Bonchev–Trinajstić information content (AvgIpc) is 2.70. The van der Waals surface area contributed by atoms with E-state index < -0.39 is 0 Å². The average molecular weight is 195 g/mol. The van der Waals surface area contributed by atoms with Gasteiger partial charge in [0.05, 0.1) is 12.1 Å². The number of carbonyl (C=O) groups excluding carboxylic acids is 1. The van der Waals surface area contributed by atoms with Crippen LogP contribution in [0, 0.1) is 11.3 Å². The molecule has 1 saturated heterocycles. The lowest BCUT2D eigenvalue weighted by Crippen LogP contribution is -2.40. The third-order valence-corrected chi connectivity index (χ3v) is 2.39. The largest absolute Gasteiger partial charge is 0.355 e. The Labute approximate surface area is 84.7 Å². The molecule has 0 aromatic rings. The third-order valence-electron chi connectivity index (χ3n) is 2.39. The van der Waals surface area contributed by atoms with E-state index in [1.165, 1.54) is 0 Å². The molecule has 1 rings (SSSR count). The number of rotatable bonds is 5. The van der Waals surface area contributed by atoms with Crippen molar-refractivity contribution in [3.63, 3.8) is 0 Å². The monoisotopic (exact) mass is 195 g/mol. The lowest BCUT2D eigenvalue weighted by atomic mass is 10.2. The summed E-state index contributed by atoms with van der Waals surface area (Å²) >= 11 is 0. The van der Waals surface area contributed by atoms with Gasteiger partial charge in [0.2, 0.25) is 5.91 Å². The van der Waals surface area contributed by atoms with Gasteiger partial charge in [-0.15, -0.1) is 0 Å². The fourth-order valence-electron chi connectivity index (χ4n) is 1.57. The van der Waals surface area contributed by atoms with Gasteiger partial charge in [-0.3, -0.25) is 4.79 Å². The number of nitrogens with zero attached hydrogens (tertiary/aromatic N) is 1. The van der Waals surface area contributed by atoms with Gasteiger partial charge in [0, 0.05) is 13.0 Å². The quantitative estimate of drug-likeness (QED) is 0.630. The van der Waals surface area contributed by atoms with Gasteiger partial charge in [0.25, 0.3) is 0 Å². The molecule has 1 fully saturated rings. The summed E-state index contributed by atoms with van der Waals surface area (Å²) in [6, 6.07) is 2.11. The highest BCUT2D eigenvalue weighted by molar-refractivity contribution is 5.81. The van der Waals surface area contributed by atoms with E-state index in [4.69, 9.17) is 5.26 Å².